The van der Waals surface area contributed by atoms with E-state index in [1.165, 1.54) is 12.1 Å². The van der Waals surface area contributed by atoms with Crippen molar-refractivity contribution in [3.05, 3.63) is 35.4 Å². The van der Waals surface area contributed by atoms with Crippen molar-refractivity contribution in [3.8, 4) is 0 Å². The molecule has 3 N–H and O–H groups in total. The molecule has 140 valence electrons. The molecular weight excluding hydrogens is 353 g/mol. The van der Waals surface area contributed by atoms with Crippen molar-refractivity contribution in [2.24, 2.45) is 5.73 Å². The zero-order chi connectivity index (χ0) is 17.4. The number of carbonyl (C=O) groups excluding carboxylic acids is 1. The van der Waals surface area contributed by atoms with E-state index in [1.54, 1.807) is 6.07 Å². The Hall–Kier alpha value is -1.27. The number of nitrogens with one attached hydrogen (secondary N) is 1. The summed E-state index contributed by atoms with van der Waals surface area (Å²) in [5, 5.41) is 2.91. The zero-order valence-corrected chi connectivity index (χ0v) is 14.8. The maximum Gasteiger partial charge on any atom is 0.416 e. The van der Waals surface area contributed by atoms with Crippen molar-refractivity contribution >= 4 is 18.3 Å². The van der Waals surface area contributed by atoms with Crippen molar-refractivity contribution in [3.63, 3.8) is 0 Å². The van der Waals surface area contributed by atoms with Crippen molar-refractivity contribution < 1.29 is 18.0 Å². The Bertz CT molecular complexity index is 623. The molecule has 7 heteroatoms. The minimum atomic E-state index is -4.35. The Morgan fingerprint density at radius 2 is 1.76 bits per heavy atom. The van der Waals surface area contributed by atoms with Gasteiger partial charge in [-0.3, -0.25) is 4.79 Å². The third-order valence-electron chi connectivity index (χ3n) is 5.44. The third-order valence-corrected chi connectivity index (χ3v) is 5.44. The van der Waals surface area contributed by atoms with E-state index in [4.69, 9.17) is 5.73 Å². The SMILES string of the molecule is Cl.NC1(C(=O)NCC2(c3cccc(C(F)(F)F)c3)CC2)CCCCC1. The lowest BCUT2D eigenvalue weighted by Crippen LogP contribution is -2.56. The molecule has 2 aliphatic carbocycles. The molecule has 1 amide bonds. The average molecular weight is 377 g/mol. The van der Waals surface area contributed by atoms with Crippen LogP contribution < -0.4 is 11.1 Å². The fourth-order valence-electron chi connectivity index (χ4n) is 3.58. The van der Waals surface area contributed by atoms with Gasteiger partial charge in [0.1, 0.15) is 0 Å². The summed E-state index contributed by atoms with van der Waals surface area (Å²) in [7, 11) is 0. The highest BCUT2D eigenvalue weighted by molar-refractivity contribution is 5.86. The molecule has 25 heavy (non-hydrogen) atoms. The molecule has 0 heterocycles. The summed E-state index contributed by atoms with van der Waals surface area (Å²) in [5.74, 6) is -0.166. The number of amides is 1. The number of alkyl halides is 3. The molecule has 1 aromatic carbocycles. The van der Waals surface area contributed by atoms with Crippen LogP contribution in [-0.2, 0) is 16.4 Å². The molecule has 0 aromatic heterocycles. The number of benzene rings is 1. The van der Waals surface area contributed by atoms with Crippen LogP contribution in [0.1, 0.15) is 56.1 Å². The van der Waals surface area contributed by atoms with Crippen molar-refractivity contribution in [2.45, 2.75) is 62.1 Å². The first kappa shape index (κ1) is 20.0. The molecule has 3 nitrogen and oxygen atoms in total. The summed E-state index contributed by atoms with van der Waals surface area (Å²) >= 11 is 0. The monoisotopic (exact) mass is 376 g/mol. The number of carbonyl (C=O) groups is 1. The molecule has 2 saturated carbocycles. The molecule has 0 unspecified atom stereocenters. The second kappa shape index (κ2) is 7.16. The summed E-state index contributed by atoms with van der Waals surface area (Å²) in [4.78, 5) is 12.4. The topological polar surface area (TPSA) is 55.1 Å². The number of nitrogens with two attached hydrogens (primary N) is 1. The quantitative estimate of drug-likeness (QED) is 0.836. The van der Waals surface area contributed by atoms with Crippen molar-refractivity contribution in [1.82, 2.24) is 5.32 Å². The van der Waals surface area contributed by atoms with Crippen LogP contribution in [0, 0.1) is 0 Å². The smallest absolute Gasteiger partial charge is 0.354 e. The Kier molecular flexibility index (Phi) is 5.74. The molecule has 0 spiro atoms. The molecule has 0 bridgehead atoms. The molecular formula is C18H24ClF3N2O. The van der Waals surface area contributed by atoms with Gasteiger partial charge in [0.2, 0.25) is 5.91 Å². The van der Waals surface area contributed by atoms with Gasteiger partial charge in [0.25, 0.3) is 0 Å². The number of hydrogen-bond donors (Lipinski definition) is 2. The van der Waals surface area contributed by atoms with E-state index in [1.807, 2.05) is 0 Å². The van der Waals surface area contributed by atoms with Crippen LogP contribution in [0.15, 0.2) is 24.3 Å². The van der Waals surface area contributed by atoms with E-state index in [0.717, 1.165) is 38.2 Å². The van der Waals surface area contributed by atoms with Crippen LogP contribution in [0.25, 0.3) is 0 Å². The zero-order valence-electron chi connectivity index (χ0n) is 14.0. The Morgan fingerprint density at radius 1 is 1.12 bits per heavy atom. The van der Waals surface area contributed by atoms with Gasteiger partial charge >= 0.3 is 6.18 Å². The lowest BCUT2D eigenvalue weighted by Gasteiger charge is -2.32. The molecule has 1 aromatic rings. The summed E-state index contributed by atoms with van der Waals surface area (Å²) < 4.78 is 38.7. The Labute approximate surface area is 152 Å². The predicted molar refractivity (Wildman–Crippen MR) is 92.6 cm³/mol. The van der Waals surface area contributed by atoms with Gasteiger partial charge in [-0.05, 0) is 37.3 Å². The normalized spacial score (nSPS) is 21.1. The molecule has 3 rings (SSSR count). The average Bonchev–Trinajstić information content (AvgIpc) is 3.34. The highest BCUT2D eigenvalue weighted by Crippen LogP contribution is 2.48. The van der Waals surface area contributed by atoms with Crippen LogP contribution in [0.2, 0.25) is 0 Å². The van der Waals surface area contributed by atoms with E-state index >= 15 is 0 Å². The molecule has 2 fully saturated rings. The van der Waals surface area contributed by atoms with E-state index < -0.39 is 17.3 Å². The van der Waals surface area contributed by atoms with Gasteiger partial charge in [-0.25, -0.2) is 0 Å². The Morgan fingerprint density at radius 3 is 2.32 bits per heavy atom. The van der Waals surface area contributed by atoms with Gasteiger partial charge in [0.15, 0.2) is 0 Å². The summed E-state index contributed by atoms with van der Waals surface area (Å²) in [6.45, 7) is 0.353. The largest absolute Gasteiger partial charge is 0.416 e. The maximum absolute atomic E-state index is 12.9. The second-order valence-corrected chi connectivity index (χ2v) is 7.26. The minimum Gasteiger partial charge on any atom is -0.354 e. The minimum absolute atomic E-state index is 0. The van der Waals surface area contributed by atoms with Crippen molar-refractivity contribution in [1.29, 1.82) is 0 Å². The van der Waals surface area contributed by atoms with E-state index in [9.17, 15) is 18.0 Å². The number of rotatable bonds is 4. The molecule has 0 atom stereocenters. The summed E-state index contributed by atoms with van der Waals surface area (Å²) in [6.07, 6.45) is 1.56. The maximum atomic E-state index is 12.9. The van der Waals surface area contributed by atoms with Crippen LogP contribution in [0.3, 0.4) is 0 Å². The van der Waals surface area contributed by atoms with Crippen LogP contribution in [0.5, 0.6) is 0 Å². The molecule has 0 saturated heterocycles. The van der Waals surface area contributed by atoms with Gasteiger partial charge in [-0.15, -0.1) is 12.4 Å². The van der Waals surface area contributed by atoms with Crippen LogP contribution >= 0.6 is 12.4 Å². The van der Waals surface area contributed by atoms with Gasteiger partial charge < -0.3 is 11.1 Å². The van der Waals surface area contributed by atoms with Gasteiger partial charge in [-0.1, -0.05) is 37.5 Å². The highest BCUT2D eigenvalue weighted by atomic mass is 35.5. The van der Waals surface area contributed by atoms with Gasteiger partial charge in [0.05, 0.1) is 11.1 Å². The fraction of sp³-hybridized carbons (Fsp3) is 0.611. The summed E-state index contributed by atoms with van der Waals surface area (Å²) in [5.41, 5.74) is 5.03. The van der Waals surface area contributed by atoms with E-state index in [2.05, 4.69) is 5.32 Å². The highest BCUT2D eigenvalue weighted by Gasteiger charge is 2.46. The van der Waals surface area contributed by atoms with E-state index in [-0.39, 0.29) is 23.7 Å². The number of halogens is 4. The van der Waals surface area contributed by atoms with Crippen LogP contribution in [0.4, 0.5) is 13.2 Å². The predicted octanol–water partition coefficient (Wildman–Crippen LogP) is 3.94. The first-order valence-electron chi connectivity index (χ1n) is 8.50. The summed E-state index contributed by atoms with van der Waals surface area (Å²) in [6, 6.07) is 5.44. The lowest BCUT2D eigenvalue weighted by atomic mass is 9.81. The first-order valence-corrected chi connectivity index (χ1v) is 8.50. The third kappa shape index (κ3) is 4.29. The molecule has 0 aliphatic heterocycles. The Balaban J connectivity index is 0.00000225. The number of hydrogen-bond acceptors (Lipinski definition) is 2. The fourth-order valence-corrected chi connectivity index (χ4v) is 3.58. The van der Waals surface area contributed by atoms with Gasteiger partial charge in [0, 0.05) is 12.0 Å². The van der Waals surface area contributed by atoms with Crippen molar-refractivity contribution in [2.75, 3.05) is 6.54 Å². The van der Waals surface area contributed by atoms with Crippen LogP contribution in [-0.4, -0.2) is 18.0 Å². The standard InChI is InChI=1S/C18H23F3N2O.ClH/c19-18(20,21)14-6-4-5-13(11-14)16(9-10-16)12-23-15(24)17(22)7-2-1-3-8-17;/h4-6,11H,1-3,7-10,12,22H2,(H,23,24);1H. The lowest BCUT2D eigenvalue weighted by molar-refractivity contribution is -0.137. The van der Waals surface area contributed by atoms with E-state index in [0.29, 0.717) is 24.9 Å². The first-order chi connectivity index (χ1) is 11.3. The second-order valence-electron chi connectivity index (χ2n) is 7.26. The molecule has 2 aliphatic rings. The van der Waals surface area contributed by atoms with Gasteiger partial charge in [-0.2, -0.15) is 13.2 Å². The molecule has 0 radical (unpaired) electrons.